The molecule has 2 aromatic rings. The highest BCUT2D eigenvalue weighted by Crippen LogP contribution is 2.53. The van der Waals surface area contributed by atoms with Gasteiger partial charge in [0.25, 0.3) is 0 Å². The standard InChI is InChI=1S/C18H23IOSi/c1-17(2,3)16(14-10-6-4-7-11-14)18(19,20-21)15-12-8-5-9-13-15/h4-13,16H,1-3,21H3. The SMILES string of the molecule is CC(C)(C)C(c1ccccc1)C(I)(O[SiH3])c1ccccc1. The summed E-state index contributed by atoms with van der Waals surface area (Å²) < 4.78 is 5.86. The molecule has 2 atom stereocenters. The maximum atomic E-state index is 6.19. The highest BCUT2D eigenvalue weighted by Gasteiger charge is 2.45. The van der Waals surface area contributed by atoms with Gasteiger partial charge in [0.1, 0.15) is 14.1 Å². The van der Waals surface area contributed by atoms with Crippen molar-refractivity contribution in [2.75, 3.05) is 0 Å². The van der Waals surface area contributed by atoms with Gasteiger partial charge < -0.3 is 4.43 Å². The van der Waals surface area contributed by atoms with E-state index < -0.39 is 0 Å². The van der Waals surface area contributed by atoms with Crippen molar-refractivity contribution in [3.05, 3.63) is 71.8 Å². The van der Waals surface area contributed by atoms with Gasteiger partial charge in [0.15, 0.2) is 0 Å². The Labute approximate surface area is 144 Å². The zero-order valence-electron chi connectivity index (χ0n) is 13.1. The molecule has 0 saturated carbocycles. The minimum atomic E-state index is -0.329. The minimum absolute atomic E-state index is 0.1000. The van der Waals surface area contributed by atoms with E-state index in [0.717, 1.165) is 0 Å². The van der Waals surface area contributed by atoms with E-state index in [9.17, 15) is 0 Å². The predicted octanol–water partition coefficient (Wildman–Crippen LogP) is 4.40. The van der Waals surface area contributed by atoms with Crippen molar-refractivity contribution in [3.8, 4) is 0 Å². The molecule has 0 bridgehead atoms. The molecular weight excluding hydrogens is 387 g/mol. The molecule has 0 fully saturated rings. The number of rotatable bonds is 4. The van der Waals surface area contributed by atoms with Crippen LogP contribution in [-0.4, -0.2) is 10.5 Å². The number of halogens is 1. The van der Waals surface area contributed by atoms with Crippen LogP contribution in [0.5, 0.6) is 0 Å². The van der Waals surface area contributed by atoms with Crippen LogP contribution in [0, 0.1) is 5.41 Å². The van der Waals surface area contributed by atoms with Crippen LogP contribution in [-0.2, 0) is 8.03 Å². The summed E-state index contributed by atoms with van der Waals surface area (Å²) in [6.45, 7) is 6.88. The maximum absolute atomic E-state index is 6.19. The topological polar surface area (TPSA) is 9.23 Å². The molecule has 2 aromatic carbocycles. The first-order valence-corrected chi connectivity index (χ1v) is 9.13. The van der Waals surface area contributed by atoms with Crippen molar-refractivity contribution < 1.29 is 4.43 Å². The van der Waals surface area contributed by atoms with Crippen LogP contribution in [0.25, 0.3) is 0 Å². The van der Waals surface area contributed by atoms with E-state index in [1.54, 1.807) is 0 Å². The summed E-state index contributed by atoms with van der Waals surface area (Å²) in [4.78, 5) is 0. The van der Waals surface area contributed by atoms with Gasteiger partial charge in [0, 0.05) is 5.92 Å². The molecule has 0 aromatic heterocycles. The third-order valence-corrected chi connectivity index (χ3v) is 7.00. The van der Waals surface area contributed by atoms with E-state index in [4.69, 9.17) is 4.43 Å². The van der Waals surface area contributed by atoms with Crippen molar-refractivity contribution in [1.82, 2.24) is 0 Å². The maximum Gasteiger partial charge on any atom is 0.148 e. The highest BCUT2D eigenvalue weighted by molar-refractivity contribution is 14.1. The molecule has 2 unspecified atom stereocenters. The van der Waals surface area contributed by atoms with Crippen LogP contribution in [0.3, 0.4) is 0 Å². The Morgan fingerprint density at radius 1 is 0.905 bits per heavy atom. The Hall–Kier alpha value is -0.653. The molecule has 0 saturated heterocycles. The Balaban J connectivity index is 2.59. The first-order valence-electron chi connectivity index (χ1n) is 7.24. The Morgan fingerprint density at radius 2 is 1.38 bits per heavy atom. The van der Waals surface area contributed by atoms with Crippen molar-refractivity contribution in [2.24, 2.45) is 5.41 Å². The highest BCUT2D eigenvalue weighted by atomic mass is 127. The number of benzene rings is 2. The summed E-state index contributed by atoms with van der Waals surface area (Å²) in [5.41, 5.74) is 2.67. The van der Waals surface area contributed by atoms with Gasteiger partial charge in [-0.1, -0.05) is 81.4 Å². The molecule has 0 heterocycles. The molecule has 0 spiro atoms. The van der Waals surface area contributed by atoms with E-state index in [0.29, 0.717) is 10.5 Å². The lowest BCUT2D eigenvalue weighted by atomic mass is 9.71. The quantitative estimate of drug-likeness (QED) is 0.413. The minimum Gasteiger partial charge on any atom is -0.410 e. The third kappa shape index (κ3) is 3.58. The van der Waals surface area contributed by atoms with Crippen LogP contribution in [0.1, 0.15) is 37.8 Å². The zero-order chi connectivity index (χ0) is 15.5. The fraction of sp³-hybridized carbons (Fsp3) is 0.333. The Bertz CT molecular complexity index is 565. The van der Waals surface area contributed by atoms with Gasteiger partial charge in [-0.25, -0.2) is 0 Å². The molecule has 0 aliphatic rings. The summed E-state index contributed by atoms with van der Waals surface area (Å²) in [5.74, 6) is 0.284. The van der Waals surface area contributed by atoms with Crippen molar-refractivity contribution >= 4 is 33.1 Å². The fourth-order valence-corrected chi connectivity index (χ4v) is 5.11. The van der Waals surface area contributed by atoms with Crippen LogP contribution < -0.4 is 0 Å². The number of alkyl halides is 1. The molecule has 2 rings (SSSR count). The normalized spacial score (nSPS) is 16.4. The molecule has 21 heavy (non-hydrogen) atoms. The molecule has 0 amide bonds. The second-order valence-electron chi connectivity index (χ2n) is 6.42. The molecule has 0 aliphatic heterocycles. The lowest BCUT2D eigenvalue weighted by molar-refractivity contribution is 0.104. The van der Waals surface area contributed by atoms with Gasteiger partial charge in [-0.3, -0.25) is 0 Å². The fourth-order valence-electron chi connectivity index (χ4n) is 2.98. The van der Waals surface area contributed by atoms with E-state index >= 15 is 0 Å². The zero-order valence-corrected chi connectivity index (χ0v) is 17.3. The van der Waals surface area contributed by atoms with E-state index in [-0.39, 0.29) is 14.9 Å². The molecule has 112 valence electrons. The monoisotopic (exact) mass is 410 g/mol. The van der Waals surface area contributed by atoms with Gasteiger partial charge in [-0.2, -0.15) is 0 Å². The van der Waals surface area contributed by atoms with E-state index in [1.165, 1.54) is 11.1 Å². The van der Waals surface area contributed by atoms with Gasteiger partial charge in [-0.15, -0.1) is 0 Å². The molecule has 0 aliphatic carbocycles. The summed E-state index contributed by atoms with van der Waals surface area (Å²) >= 11 is 2.51. The molecule has 1 nitrogen and oxygen atoms in total. The van der Waals surface area contributed by atoms with Crippen molar-refractivity contribution in [3.63, 3.8) is 0 Å². The first kappa shape index (κ1) is 16.7. The Kier molecular flexibility index (Phi) is 5.27. The Morgan fingerprint density at radius 3 is 1.81 bits per heavy atom. The molecular formula is C18H23IOSi. The summed E-state index contributed by atoms with van der Waals surface area (Å²) in [6, 6.07) is 21.3. The van der Waals surface area contributed by atoms with Crippen LogP contribution in [0.15, 0.2) is 60.7 Å². The van der Waals surface area contributed by atoms with Crippen molar-refractivity contribution in [1.29, 1.82) is 0 Å². The molecule has 0 N–H and O–H groups in total. The number of hydrogen-bond donors (Lipinski definition) is 0. The third-order valence-electron chi connectivity index (χ3n) is 3.83. The lowest BCUT2D eigenvalue weighted by Gasteiger charge is -2.43. The van der Waals surface area contributed by atoms with Gasteiger partial charge in [0.2, 0.25) is 0 Å². The van der Waals surface area contributed by atoms with Crippen LogP contribution in [0.2, 0.25) is 0 Å². The van der Waals surface area contributed by atoms with Gasteiger partial charge in [0.05, 0.1) is 0 Å². The average Bonchev–Trinajstić information content (AvgIpc) is 2.48. The van der Waals surface area contributed by atoms with E-state index in [2.05, 4.69) is 104 Å². The van der Waals surface area contributed by atoms with Crippen LogP contribution >= 0.6 is 22.6 Å². The molecule has 0 radical (unpaired) electrons. The largest absolute Gasteiger partial charge is 0.410 e. The van der Waals surface area contributed by atoms with Crippen molar-refractivity contribution in [2.45, 2.75) is 30.3 Å². The first-order chi connectivity index (χ1) is 9.89. The second kappa shape index (κ2) is 6.63. The van der Waals surface area contributed by atoms with Gasteiger partial charge in [-0.05, 0) is 39.1 Å². The lowest BCUT2D eigenvalue weighted by Crippen LogP contribution is -2.37. The summed E-state index contributed by atoms with van der Waals surface area (Å²) in [7, 11) is 0.707. The summed E-state index contributed by atoms with van der Waals surface area (Å²) in [6.07, 6.45) is 0. The molecule has 3 heteroatoms. The van der Waals surface area contributed by atoms with E-state index in [1.807, 2.05) is 0 Å². The summed E-state index contributed by atoms with van der Waals surface area (Å²) in [5, 5.41) is 0. The average molecular weight is 410 g/mol. The van der Waals surface area contributed by atoms with Gasteiger partial charge >= 0.3 is 0 Å². The predicted molar refractivity (Wildman–Crippen MR) is 102 cm³/mol. The second-order valence-corrected chi connectivity index (χ2v) is 8.44. The smallest absolute Gasteiger partial charge is 0.148 e. The van der Waals surface area contributed by atoms with Crippen LogP contribution in [0.4, 0.5) is 0 Å². The number of hydrogen-bond acceptors (Lipinski definition) is 1.